The Morgan fingerprint density at radius 1 is 0.750 bits per heavy atom. The summed E-state index contributed by atoms with van der Waals surface area (Å²) < 4.78 is 32.7. The number of ketones is 1. The van der Waals surface area contributed by atoms with Gasteiger partial charge in [0.2, 0.25) is 0 Å². The number of esters is 2. The third-order valence-electron chi connectivity index (χ3n) is 10.3. The van der Waals surface area contributed by atoms with E-state index in [0.717, 1.165) is 51.4 Å². The van der Waals surface area contributed by atoms with Crippen molar-refractivity contribution in [1.29, 1.82) is 0 Å². The molecule has 5 N–H and O–H groups in total. The van der Waals surface area contributed by atoms with Gasteiger partial charge >= 0.3 is 19.8 Å². The number of hydrogen-bond acceptors (Lipinski definition) is 12. The van der Waals surface area contributed by atoms with Crippen molar-refractivity contribution in [3.8, 4) is 0 Å². The number of carbonyl (C=O) groups is 3. The van der Waals surface area contributed by atoms with Gasteiger partial charge in [0.15, 0.2) is 6.10 Å². The van der Waals surface area contributed by atoms with E-state index in [1.807, 2.05) is 0 Å². The summed E-state index contributed by atoms with van der Waals surface area (Å²) in [6.45, 7) is 2.01. The maximum Gasteiger partial charge on any atom is 0.472 e. The molecule has 0 spiro atoms. The van der Waals surface area contributed by atoms with Crippen LogP contribution in [0.1, 0.15) is 174 Å². The van der Waals surface area contributed by atoms with E-state index in [1.165, 1.54) is 57.8 Å². The molecule has 1 aliphatic carbocycles. The summed E-state index contributed by atoms with van der Waals surface area (Å²) in [5, 5.41) is 39.0. The Morgan fingerprint density at radius 2 is 1.27 bits per heavy atom. The molecule has 14 heteroatoms. The highest BCUT2D eigenvalue weighted by molar-refractivity contribution is 7.47. The van der Waals surface area contributed by atoms with Crippen molar-refractivity contribution in [2.45, 2.75) is 199 Å². The van der Waals surface area contributed by atoms with Gasteiger partial charge in [-0.1, -0.05) is 142 Å². The van der Waals surface area contributed by atoms with E-state index in [2.05, 4.69) is 18.4 Å². The van der Waals surface area contributed by atoms with Crippen LogP contribution in [0.3, 0.4) is 0 Å². The van der Waals surface area contributed by atoms with Gasteiger partial charge in [0, 0.05) is 31.1 Å². The van der Waals surface area contributed by atoms with Gasteiger partial charge in [0.05, 0.1) is 32.0 Å². The largest absolute Gasteiger partial charge is 0.472 e. The van der Waals surface area contributed by atoms with Crippen molar-refractivity contribution >= 4 is 25.5 Å². The Labute approximate surface area is 336 Å². The number of ether oxygens (including phenoxy) is 2. The zero-order chi connectivity index (χ0) is 41.4. The van der Waals surface area contributed by atoms with E-state index in [0.29, 0.717) is 32.1 Å². The molecule has 7 atom stereocenters. The van der Waals surface area contributed by atoms with E-state index >= 15 is 0 Å². The van der Waals surface area contributed by atoms with Crippen LogP contribution in [0, 0.1) is 11.8 Å². The molecule has 13 nitrogen and oxygen atoms in total. The molecule has 56 heavy (non-hydrogen) atoms. The highest BCUT2D eigenvalue weighted by atomic mass is 31.2. The van der Waals surface area contributed by atoms with E-state index < -0.39 is 70.6 Å². The molecule has 0 aromatic rings. The molecule has 0 saturated heterocycles. The molecule has 328 valence electrons. The SMILES string of the molecule is CCCCCCCCCCCCCCCC(=O)O[C@H](COC(=O)CCCCCC[C@H]1C(=O)C[C@@H](O)[C@@H]1/C=C/[C@@H](O)CCCCC)COP(=O)(O)OC[C@@H](O)CO. The van der Waals surface area contributed by atoms with Crippen molar-refractivity contribution in [3.63, 3.8) is 0 Å². The lowest BCUT2D eigenvalue weighted by atomic mass is 9.88. The zero-order valence-corrected chi connectivity index (χ0v) is 35.5. The summed E-state index contributed by atoms with van der Waals surface area (Å²) in [6.07, 6.45) is 22.2. The quantitative estimate of drug-likeness (QED) is 0.0176. The number of unbranched alkanes of at least 4 members (excludes halogenated alkanes) is 17. The van der Waals surface area contributed by atoms with Crippen molar-refractivity contribution in [2.24, 2.45) is 11.8 Å². The summed E-state index contributed by atoms with van der Waals surface area (Å²) in [4.78, 5) is 47.7. The van der Waals surface area contributed by atoms with Crippen molar-refractivity contribution in [1.82, 2.24) is 0 Å². The molecule has 1 saturated carbocycles. The first kappa shape index (κ1) is 52.3. The number of aliphatic hydroxyl groups excluding tert-OH is 4. The molecule has 0 amide bonds. The van der Waals surface area contributed by atoms with Crippen molar-refractivity contribution < 1.29 is 62.8 Å². The lowest BCUT2D eigenvalue weighted by Gasteiger charge is -2.20. The average Bonchev–Trinajstić information content (AvgIpc) is 3.44. The van der Waals surface area contributed by atoms with Crippen LogP contribution in [0.5, 0.6) is 0 Å². The molecule has 0 radical (unpaired) electrons. The molecule has 1 rings (SSSR count). The molecular weight excluding hydrogens is 743 g/mol. The molecule has 1 aliphatic rings. The fraction of sp³-hybridized carbons (Fsp3) is 0.881. The molecule has 0 aliphatic heterocycles. The van der Waals surface area contributed by atoms with Crippen LogP contribution in [-0.2, 0) is 37.5 Å². The Bertz CT molecular complexity index is 1100. The van der Waals surface area contributed by atoms with Crippen LogP contribution in [-0.4, -0.2) is 93.9 Å². The van der Waals surface area contributed by atoms with Gasteiger partial charge in [-0.2, -0.15) is 0 Å². The average molecular weight is 821 g/mol. The van der Waals surface area contributed by atoms with Gasteiger partial charge in [-0.05, 0) is 25.7 Å². The molecule has 0 bridgehead atoms. The standard InChI is InChI=1S/C42H77O13P/c1-3-5-7-8-9-10-11-12-13-14-15-16-22-26-42(49)55-36(33-54-56(50,51)53-31-35(45)30-43)32-52-41(48)25-21-18-17-20-24-37-38(40(47)29-39(37)46)28-27-34(44)23-19-6-4-2/h27-28,34-38,40,43-45,47H,3-26,29-33H2,1-2H3,(H,50,51)/b28-27+/t34-,35-,36+,37+,38+,40+/m0/s1. The van der Waals surface area contributed by atoms with Gasteiger partial charge < -0.3 is 34.8 Å². The number of phosphoric ester groups is 1. The van der Waals surface area contributed by atoms with Crippen LogP contribution in [0.15, 0.2) is 12.2 Å². The minimum atomic E-state index is -4.67. The van der Waals surface area contributed by atoms with Crippen LogP contribution in [0.4, 0.5) is 0 Å². The minimum Gasteiger partial charge on any atom is -0.462 e. The number of hydrogen-bond donors (Lipinski definition) is 5. The van der Waals surface area contributed by atoms with Crippen LogP contribution in [0.2, 0.25) is 0 Å². The Balaban J connectivity index is 2.44. The van der Waals surface area contributed by atoms with E-state index in [9.17, 15) is 39.2 Å². The molecule has 0 heterocycles. The van der Waals surface area contributed by atoms with Crippen LogP contribution in [0.25, 0.3) is 0 Å². The lowest BCUT2D eigenvalue weighted by Crippen LogP contribution is -2.29. The molecule has 0 aromatic carbocycles. The maximum atomic E-state index is 12.6. The second kappa shape index (κ2) is 33.2. The summed E-state index contributed by atoms with van der Waals surface area (Å²) >= 11 is 0. The van der Waals surface area contributed by atoms with Gasteiger partial charge in [-0.25, -0.2) is 4.57 Å². The smallest absolute Gasteiger partial charge is 0.462 e. The summed E-state index contributed by atoms with van der Waals surface area (Å²) in [6, 6.07) is 0. The minimum absolute atomic E-state index is 0.0339. The summed E-state index contributed by atoms with van der Waals surface area (Å²) in [5.74, 6) is -1.64. The number of rotatable bonds is 37. The van der Waals surface area contributed by atoms with Crippen LogP contribution >= 0.6 is 7.82 Å². The number of phosphoric acid groups is 1. The summed E-state index contributed by atoms with van der Waals surface area (Å²) in [7, 11) is -4.67. The lowest BCUT2D eigenvalue weighted by molar-refractivity contribution is -0.161. The maximum absolute atomic E-state index is 12.6. The predicted octanol–water partition coefficient (Wildman–Crippen LogP) is 7.81. The fourth-order valence-corrected chi connectivity index (χ4v) is 7.68. The zero-order valence-electron chi connectivity index (χ0n) is 34.6. The molecular formula is C42H77O13P. The second-order valence-electron chi connectivity index (χ2n) is 15.5. The van der Waals surface area contributed by atoms with E-state index in [4.69, 9.17) is 19.1 Å². The highest BCUT2D eigenvalue weighted by Gasteiger charge is 2.39. The third kappa shape index (κ3) is 27.1. The monoisotopic (exact) mass is 821 g/mol. The molecule has 1 fully saturated rings. The Hall–Kier alpha value is -1.70. The van der Waals surface area contributed by atoms with Gasteiger partial charge in [0.25, 0.3) is 0 Å². The van der Waals surface area contributed by atoms with Crippen molar-refractivity contribution in [3.05, 3.63) is 12.2 Å². The topological polar surface area (TPSA) is 206 Å². The number of carbonyl (C=O) groups excluding carboxylic acids is 3. The Morgan fingerprint density at radius 3 is 1.86 bits per heavy atom. The fourth-order valence-electron chi connectivity index (χ4n) is 6.89. The van der Waals surface area contributed by atoms with E-state index in [-0.39, 0.29) is 36.9 Å². The highest BCUT2D eigenvalue weighted by Crippen LogP contribution is 2.43. The van der Waals surface area contributed by atoms with Crippen LogP contribution < -0.4 is 0 Å². The number of Topliss-reactive ketones (excluding diaryl/α,β-unsaturated/α-hetero) is 1. The van der Waals surface area contributed by atoms with Gasteiger partial charge in [-0.3, -0.25) is 23.4 Å². The molecule has 0 aromatic heterocycles. The van der Waals surface area contributed by atoms with Crippen molar-refractivity contribution in [2.75, 3.05) is 26.4 Å². The van der Waals surface area contributed by atoms with Gasteiger partial charge in [-0.15, -0.1) is 0 Å². The molecule has 1 unspecified atom stereocenters. The second-order valence-corrected chi connectivity index (χ2v) is 17.0. The Kier molecular flexibility index (Phi) is 31.0. The predicted molar refractivity (Wildman–Crippen MR) is 216 cm³/mol. The first-order valence-electron chi connectivity index (χ1n) is 21.7. The first-order valence-corrected chi connectivity index (χ1v) is 23.2. The van der Waals surface area contributed by atoms with E-state index in [1.54, 1.807) is 12.2 Å². The number of aliphatic hydroxyl groups is 4. The normalized spacial score (nSPS) is 19.9. The summed E-state index contributed by atoms with van der Waals surface area (Å²) in [5.41, 5.74) is 0. The van der Waals surface area contributed by atoms with Gasteiger partial charge in [0.1, 0.15) is 18.5 Å². The third-order valence-corrected chi connectivity index (χ3v) is 11.3. The first-order chi connectivity index (χ1) is 26.9.